The fraction of sp³-hybridized carbons (Fsp3) is 0.474. The summed E-state index contributed by atoms with van der Waals surface area (Å²) in [5, 5.41) is 6.50. The Morgan fingerprint density at radius 2 is 2.08 bits per heavy atom. The van der Waals surface area contributed by atoms with E-state index in [1.54, 1.807) is 6.20 Å². The number of benzene rings is 1. The van der Waals surface area contributed by atoms with Crippen molar-refractivity contribution in [1.29, 1.82) is 0 Å². The molecule has 0 saturated carbocycles. The second-order valence-corrected chi connectivity index (χ2v) is 6.48. The molecular weight excluding hydrogens is 373 g/mol. The summed E-state index contributed by atoms with van der Waals surface area (Å²) in [6, 6.07) is 10.2. The summed E-state index contributed by atoms with van der Waals surface area (Å²) in [6.07, 6.45) is 4.70. The van der Waals surface area contributed by atoms with Crippen molar-refractivity contribution in [2.75, 3.05) is 13.1 Å². The van der Waals surface area contributed by atoms with Gasteiger partial charge in [-0.25, -0.2) is 4.98 Å². The molecule has 1 aromatic carbocycles. The summed E-state index contributed by atoms with van der Waals surface area (Å²) in [6.45, 7) is 4.13. The first kappa shape index (κ1) is 22.5. The molecule has 1 fully saturated rings. The quantitative estimate of drug-likeness (QED) is 0.777. The van der Waals surface area contributed by atoms with Gasteiger partial charge < -0.3 is 15.1 Å². The minimum absolute atomic E-state index is 0. The van der Waals surface area contributed by atoms with Crippen LogP contribution in [0.15, 0.2) is 40.9 Å². The number of hydrogen-bond acceptors (Lipinski definition) is 4. The summed E-state index contributed by atoms with van der Waals surface area (Å²) in [4.78, 5) is 16.4. The molecular formula is C19H27Cl2N3O2. The van der Waals surface area contributed by atoms with Crippen LogP contribution in [0.2, 0.25) is 0 Å². The normalized spacial score (nSPS) is 19.1. The van der Waals surface area contributed by atoms with Crippen LogP contribution in [-0.4, -0.2) is 30.0 Å². The number of amides is 1. The van der Waals surface area contributed by atoms with Gasteiger partial charge in [-0.3, -0.25) is 4.79 Å². The highest BCUT2D eigenvalue weighted by Crippen LogP contribution is 2.20. The van der Waals surface area contributed by atoms with Gasteiger partial charge in [-0.15, -0.1) is 24.8 Å². The maximum atomic E-state index is 12.1. The van der Waals surface area contributed by atoms with E-state index in [2.05, 4.69) is 22.5 Å². The van der Waals surface area contributed by atoms with Crippen LogP contribution in [0, 0.1) is 5.92 Å². The summed E-state index contributed by atoms with van der Waals surface area (Å²) >= 11 is 0. The predicted octanol–water partition coefficient (Wildman–Crippen LogP) is 3.62. The lowest BCUT2D eigenvalue weighted by Crippen LogP contribution is -2.48. The highest BCUT2D eigenvalue weighted by atomic mass is 35.5. The molecule has 2 N–H and O–H groups in total. The van der Waals surface area contributed by atoms with Crippen molar-refractivity contribution in [3.63, 3.8) is 0 Å². The topological polar surface area (TPSA) is 67.2 Å². The summed E-state index contributed by atoms with van der Waals surface area (Å²) < 4.78 is 5.77. The molecule has 3 rings (SSSR count). The molecule has 1 saturated heterocycles. The summed E-state index contributed by atoms with van der Waals surface area (Å²) in [7, 11) is 0. The van der Waals surface area contributed by atoms with Crippen molar-refractivity contribution in [3.05, 3.63) is 42.4 Å². The van der Waals surface area contributed by atoms with Gasteiger partial charge in [-0.2, -0.15) is 0 Å². The van der Waals surface area contributed by atoms with E-state index in [-0.39, 0.29) is 30.7 Å². The van der Waals surface area contributed by atoms with E-state index in [0.29, 0.717) is 30.7 Å². The van der Waals surface area contributed by atoms with Crippen LogP contribution >= 0.6 is 24.8 Å². The third-order valence-electron chi connectivity index (χ3n) is 4.54. The van der Waals surface area contributed by atoms with E-state index in [1.165, 1.54) is 0 Å². The number of piperidine rings is 1. The van der Waals surface area contributed by atoms with E-state index < -0.39 is 0 Å². The lowest BCUT2D eigenvalue weighted by Gasteiger charge is -2.30. The van der Waals surface area contributed by atoms with Crippen LogP contribution in [0.4, 0.5) is 0 Å². The molecule has 2 heterocycles. The lowest BCUT2D eigenvalue weighted by atomic mass is 9.95. The minimum Gasteiger partial charge on any atom is -0.441 e. The number of carbonyl (C=O) groups is 1. The first-order valence-corrected chi connectivity index (χ1v) is 8.72. The molecule has 7 heteroatoms. The largest absolute Gasteiger partial charge is 0.441 e. The van der Waals surface area contributed by atoms with Crippen molar-refractivity contribution in [2.24, 2.45) is 5.92 Å². The first-order chi connectivity index (χ1) is 11.7. The molecule has 1 aromatic heterocycles. The van der Waals surface area contributed by atoms with E-state index >= 15 is 0 Å². The lowest BCUT2D eigenvalue weighted by molar-refractivity contribution is -0.122. The average Bonchev–Trinajstić information content (AvgIpc) is 3.07. The van der Waals surface area contributed by atoms with Gasteiger partial charge >= 0.3 is 0 Å². The van der Waals surface area contributed by atoms with E-state index in [9.17, 15) is 4.79 Å². The van der Waals surface area contributed by atoms with Crippen LogP contribution in [0.25, 0.3) is 11.3 Å². The molecule has 2 unspecified atom stereocenters. The zero-order valence-electron chi connectivity index (χ0n) is 14.9. The molecule has 26 heavy (non-hydrogen) atoms. The van der Waals surface area contributed by atoms with Crippen LogP contribution in [0.3, 0.4) is 0 Å². The number of aryl methyl sites for hydroxylation is 1. The molecule has 1 amide bonds. The Balaban J connectivity index is 0.00000169. The third kappa shape index (κ3) is 6.31. The van der Waals surface area contributed by atoms with Crippen LogP contribution in [-0.2, 0) is 11.2 Å². The van der Waals surface area contributed by atoms with Crippen molar-refractivity contribution in [3.8, 4) is 11.3 Å². The number of nitrogens with zero attached hydrogens (tertiary/aromatic N) is 1. The number of aromatic nitrogens is 1. The molecule has 1 aliphatic rings. The molecule has 144 valence electrons. The number of oxazole rings is 1. The standard InChI is InChI=1S/C19H25N3O2.2ClH/c1-14-12-20-11-10-16(14)22-18(23)8-5-9-19-21-13-17(24-19)15-6-3-2-4-7-15;;/h2-4,6-7,13-14,16,20H,5,8-12H2,1H3,(H,22,23);2*1H. The van der Waals surface area contributed by atoms with Gasteiger partial charge in [0.2, 0.25) is 5.91 Å². The van der Waals surface area contributed by atoms with Crippen LogP contribution in [0.5, 0.6) is 0 Å². The zero-order valence-corrected chi connectivity index (χ0v) is 16.6. The predicted molar refractivity (Wildman–Crippen MR) is 108 cm³/mol. The monoisotopic (exact) mass is 399 g/mol. The molecule has 0 radical (unpaired) electrons. The highest BCUT2D eigenvalue weighted by Gasteiger charge is 2.22. The van der Waals surface area contributed by atoms with Gasteiger partial charge in [-0.05, 0) is 31.8 Å². The van der Waals surface area contributed by atoms with Crippen molar-refractivity contribution >= 4 is 30.7 Å². The third-order valence-corrected chi connectivity index (χ3v) is 4.54. The van der Waals surface area contributed by atoms with Gasteiger partial charge in [-0.1, -0.05) is 37.3 Å². The second-order valence-electron chi connectivity index (χ2n) is 6.48. The molecule has 0 bridgehead atoms. The Kier molecular flexibility index (Phi) is 9.70. The van der Waals surface area contributed by atoms with Crippen LogP contribution in [0.1, 0.15) is 32.1 Å². The first-order valence-electron chi connectivity index (χ1n) is 8.72. The van der Waals surface area contributed by atoms with Gasteiger partial charge in [0.25, 0.3) is 0 Å². The Morgan fingerprint density at radius 1 is 1.31 bits per heavy atom. The Bertz CT molecular complexity index is 664. The number of carbonyl (C=O) groups excluding carboxylic acids is 1. The van der Waals surface area contributed by atoms with Gasteiger partial charge in [0, 0.05) is 24.4 Å². The number of halogens is 2. The second kappa shape index (κ2) is 11.2. The van der Waals surface area contributed by atoms with Crippen molar-refractivity contribution in [1.82, 2.24) is 15.6 Å². The highest BCUT2D eigenvalue weighted by molar-refractivity contribution is 5.85. The van der Waals surface area contributed by atoms with Crippen molar-refractivity contribution in [2.45, 2.75) is 38.6 Å². The van der Waals surface area contributed by atoms with Gasteiger partial charge in [0.15, 0.2) is 11.7 Å². The average molecular weight is 400 g/mol. The number of rotatable bonds is 6. The Morgan fingerprint density at radius 3 is 2.81 bits per heavy atom. The summed E-state index contributed by atoms with van der Waals surface area (Å²) in [5.74, 6) is 2.09. The number of hydrogen-bond donors (Lipinski definition) is 2. The van der Waals surface area contributed by atoms with Crippen LogP contribution < -0.4 is 10.6 Å². The molecule has 2 atom stereocenters. The fourth-order valence-corrected chi connectivity index (χ4v) is 3.07. The fourth-order valence-electron chi connectivity index (χ4n) is 3.07. The molecule has 2 aromatic rings. The maximum Gasteiger partial charge on any atom is 0.220 e. The Hall–Kier alpha value is -1.56. The molecule has 0 spiro atoms. The van der Waals surface area contributed by atoms with E-state index in [1.807, 2.05) is 30.3 Å². The molecule has 1 aliphatic heterocycles. The number of nitrogens with one attached hydrogen (secondary N) is 2. The minimum atomic E-state index is 0. The SMILES string of the molecule is CC1CNCCC1NC(=O)CCCc1ncc(-c2ccccc2)o1.Cl.Cl. The summed E-state index contributed by atoms with van der Waals surface area (Å²) in [5.41, 5.74) is 1.02. The smallest absolute Gasteiger partial charge is 0.220 e. The molecule has 0 aliphatic carbocycles. The van der Waals surface area contributed by atoms with E-state index in [0.717, 1.165) is 37.3 Å². The molecule has 5 nitrogen and oxygen atoms in total. The maximum absolute atomic E-state index is 12.1. The van der Waals surface area contributed by atoms with Gasteiger partial charge in [0.05, 0.1) is 6.20 Å². The Labute approximate surface area is 167 Å². The zero-order chi connectivity index (χ0) is 16.8. The van der Waals surface area contributed by atoms with E-state index in [4.69, 9.17) is 4.42 Å². The van der Waals surface area contributed by atoms with Gasteiger partial charge in [0.1, 0.15) is 0 Å². The van der Waals surface area contributed by atoms with Crippen molar-refractivity contribution < 1.29 is 9.21 Å².